The molecule has 0 saturated carbocycles. The number of phenols is 2. The Balaban J connectivity index is 2.12. The molecule has 0 fully saturated rings. The minimum atomic E-state index is -0.384. The molecule has 0 spiro atoms. The van der Waals surface area contributed by atoms with Gasteiger partial charge in [0.05, 0.1) is 12.8 Å². The van der Waals surface area contributed by atoms with E-state index in [1.807, 2.05) is 0 Å². The largest absolute Gasteiger partial charge is 0.508 e. The lowest BCUT2D eigenvalue weighted by atomic mass is 10.1. The van der Waals surface area contributed by atoms with Crippen LogP contribution in [0.15, 0.2) is 47.6 Å². The Labute approximate surface area is 127 Å². The molecule has 0 radical (unpaired) electrons. The van der Waals surface area contributed by atoms with E-state index in [4.69, 9.17) is 4.74 Å². The lowest BCUT2D eigenvalue weighted by Gasteiger charge is -2.07. The first kappa shape index (κ1) is 15.4. The van der Waals surface area contributed by atoms with Gasteiger partial charge in [-0.2, -0.15) is 5.10 Å². The Morgan fingerprint density at radius 1 is 1.09 bits per heavy atom. The highest BCUT2D eigenvalue weighted by Crippen LogP contribution is 2.26. The highest BCUT2D eigenvalue weighted by atomic mass is 16.5. The molecule has 0 heterocycles. The number of phenolic OH excluding ortho intramolecular Hbond substituents is 2. The monoisotopic (exact) mass is 300 g/mol. The number of amides is 1. The summed E-state index contributed by atoms with van der Waals surface area (Å²) < 4.78 is 5.03. The van der Waals surface area contributed by atoms with Crippen LogP contribution < -0.4 is 10.2 Å². The minimum absolute atomic E-state index is 0.0344. The molecule has 0 unspecified atom stereocenters. The van der Waals surface area contributed by atoms with Crippen LogP contribution in [-0.2, 0) is 0 Å². The number of ether oxygens (including phenoxy) is 1. The van der Waals surface area contributed by atoms with Gasteiger partial charge in [-0.1, -0.05) is 0 Å². The lowest BCUT2D eigenvalue weighted by Crippen LogP contribution is -2.19. The van der Waals surface area contributed by atoms with Crippen LogP contribution in [0.25, 0.3) is 0 Å². The van der Waals surface area contributed by atoms with Gasteiger partial charge in [0.25, 0.3) is 5.91 Å². The number of nitrogens with one attached hydrogen (secondary N) is 1. The molecule has 2 rings (SSSR count). The molecular weight excluding hydrogens is 284 g/mol. The number of rotatable bonds is 4. The summed E-state index contributed by atoms with van der Waals surface area (Å²) in [6, 6.07) is 10.6. The van der Waals surface area contributed by atoms with Crippen molar-refractivity contribution >= 4 is 11.6 Å². The highest BCUT2D eigenvalue weighted by molar-refractivity contribution is 6.01. The molecule has 0 aliphatic heterocycles. The molecule has 6 nitrogen and oxygen atoms in total. The second-order valence-corrected chi connectivity index (χ2v) is 4.57. The van der Waals surface area contributed by atoms with Gasteiger partial charge in [0.15, 0.2) is 11.5 Å². The third-order valence-corrected chi connectivity index (χ3v) is 3.05. The number of methoxy groups -OCH3 is 1. The smallest absolute Gasteiger partial charge is 0.271 e. The van der Waals surface area contributed by atoms with E-state index in [0.717, 1.165) is 0 Å². The summed E-state index contributed by atoms with van der Waals surface area (Å²) >= 11 is 0. The minimum Gasteiger partial charge on any atom is -0.508 e. The maximum Gasteiger partial charge on any atom is 0.271 e. The van der Waals surface area contributed by atoms with Crippen molar-refractivity contribution in [3.8, 4) is 17.2 Å². The SMILES string of the molecule is COc1cc(/C(C)=N/NC(=O)c2ccc(O)cc2)ccc1O. The van der Waals surface area contributed by atoms with Crippen LogP contribution in [0.5, 0.6) is 17.2 Å². The average molecular weight is 300 g/mol. The Bertz CT molecular complexity index is 709. The second-order valence-electron chi connectivity index (χ2n) is 4.57. The van der Waals surface area contributed by atoms with Crippen molar-refractivity contribution in [1.82, 2.24) is 5.43 Å². The van der Waals surface area contributed by atoms with Crippen molar-refractivity contribution < 1.29 is 19.7 Å². The molecule has 3 N–H and O–H groups in total. The van der Waals surface area contributed by atoms with E-state index >= 15 is 0 Å². The maximum atomic E-state index is 11.9. The summed E-state index contributed by atoms with van der Waals surface area (Å²) in [6.45, 7) is 1.73. The topological polar surface area (TPSA) is 91.2 Å². The predicted octanol–water partition coefficient (Wildman–Crippen LogP) is 2.26. The van der Waals surface area contributed by atoms with E-state index in [0.29, 0.717) is 22.6 Å². The standard InChI is InChI=1S/C16H16N2O4/c1-10(12-5-8-14(20)15(9-12)22-2)17-18-16(21)11-3-6-13(19)7-4-11/h3-9,19-20H,1-2H3,(H,18,21)/b17-10+. The van der Waals surface area contributed by atoms with Crippen LogP contribution in [-0.4, -0.2) is 28.9 Å². The van der Waals surface area contributed by atoms with Gasteiger partial charge in [0.1, 0.15) is 5.75 Å². The van der Waals surface area contributed by atoms with Crippen molar-refractivity contribution in [3.63, 3.8) is 0 Å². The average Bonchev–Trinajstić information content (AvgIpc) is 2.53. The van der Waals surface area contributed by atoms with Gasteiger partial charge in [0, 0.05) is 11.1 Å². The molecule has 0 bridgehead atoms. The van der Waals surface area contributed by atoms with Crippen LogP contribution in [0, 0.1) is 0 Å². The van der Waals surface area contributed by atoms with Crippen LogP contribution in [0.1, 0.15) is 22.8 Å². The highest BCUT2D eigenvalue weighted by Gasteiger charge is 2.07. The van der Waals surface area contributed by atoms with Crippen molar-refractivity contribution in [2.75, 3.05) is 7.11 Å². The van der Waals surface area contributed by atoms with Crippen molar-refractivity contribution in [3.05, 3.63) is 53.6 Å². The summed E-state index contributed by atoms with van der Waals surface area (Å²) in [7, 11) is 1.46. The molecular formula is C16H16N2O4. The number of nitrogens with zero attached hydrogens (tertiary/aromatic N) is 1. The Kier molecular flexibility index (Phi) is 4.63. The third kappa shape index (κ3) is 3.54. The first-order chi connectivity index (χ1) is 10.5. The normalized spacial score (nSPS) is 11.1. The van der Waals surface area contributed by atoms with Gasteiger partial charge in [-0.05, 0) is 49.4 Å². The summed E-state index contributed by atoms with van der Waals surface area (Å²) in [6.07, 6.45) is 0. The maximum absolute atomic E-state index is 11.9. The Morgan fingerprint density at radius 2 is 1.73 bits per heavy atom. The van der Waals surface area contributed by atoms with Crippen molar-refractivity contribution in [1.29, 1.82) is 0 Å². The molecule has 0 atom stereocenters. The number of carbonyl (C=O) groups excluding carboxylic acids is 1. The fraction of sp³-hybridized carbons (Fsp3) is 0.125. The molecule has 6 heteroatoms. The van der Waals surface area contributed by atoms with E-state index in [9.17, 15) is 15.0 Å². The van der Waals surface area contributed by atoms with Crippen LogP contribution >= 0.6 is 0 Å². The Morgan fingerprint density at radius 3 is 2.36 bits per heavy atom. The molecule has 0 aliphatic rings. The summed E-state index contributed by atoms with van der Waals surface area (Å²) in [4.78, 5) is 11.9. The molecule has 1 amide bonds. The van der Waals surface area contributed by atoms with E-state index in [2.05, 4.69) is 10.5 Å². The number of aromatic hydroxyl groups is 2. The van der Waals surface area contributed by atoms with E-state index in [-0.39, 0.29) is 17.4 Å². The number of benzene rings is 2. The molecule has 2 aromatic rings. The Hall–Kier alpha value is -3.02. The summed E-state index contributed by atoms with van der Waals surface area (Å²) in [5, 5.41) is 22.8. The van der Waals surface area contributed by atoms with Gasteiger partial charge in [-0.15, -0.1) is 0 Å². The van der Waals surface area contributed by atoms with Gasteiger partial charge in [0.2, 0.25) is 0 Å². The van der Waals surface area contributed by atoms with E-state index < -0.39 is 0 Å². The number of carbonyl (C=O) groups is 1. The first-order valence-corrected chi connectivity index (χ1v) is 6.52. The fourth-order valence-electron chi connectivity index (χ4n) is 1.78. The first-order valence-electron chi connectivity index (χ1n) is 6.52. The lowest BCUT2D eigenvalue weighted by molar-refractivity contribution is 0.0955. The third-order valence-electron chi connectivity index (χ3n) is 3.05. The number of hydrogen-bond acceptors (Lipinski definition) is 5. The van der Waals surface area contributed by atoms with Crippen molar-refractivity contribution in [2.45, 2.75) is 6.92 Å². The summed E-state index contributed by atoms with van der Waals surface area (Å²) in [5.41, 5.74) is 4.09. The van der Waals surface area contributed by atoms with Gasteiger partial charge in [-0.3, -0.25) is 4.79 Å². The van der Waals surface area contributed by atoms with Gasteiger partial charge < -0.3 is 14.9 Å². The number of hydrogen-bond donors (Lipinski definition) is 3. The zero-order valence-corrected chi connectivity index (χ0v) is 12.2. The number of hydrazone groups is 1. The summed E-state index contributed by atoms with van der Waals surface area (Å²) in [5.74, 6) is 0.0709. The van der Waals surface area contributed by atoms with Gasteiger partial charge in [-0.25, -0.2) is 5.43 Å². The second kappa shape index (κ2) is 6.62. The predicted molar refractivity (Wildman–Crippen MR) is 82.4 cm³/mol. The van der Waals surface area contributed by atoms with E-state index in [1.54, 1.807) is 19.1 Å². The zero-order valence-electron chi connectivity index (χ0n) is 12.2. The van der Waals surface area contributed by atoms with Gasteiger partial charge >= 0.3 is 0 Å². The van der Waals surface area contributed by atoms with E-state index in [1.165, 1.54) is 37.4 Å². The fourth-order valence-corrected chi connectivity index (χ4v) is 1.78. The van der Waals surface area contributed by atoms with Crippen LogP contribution in [0.3, 0.4) is 0 Å². The molecule has 114 valence electrons. The zero-order chi connectivity index (χ0) is 16.1. The molecule has 2 aromatic carbocycles. The molecule has 0 aromatic heterocycles. The molecule has 0 aliphatic carbocycles. The van der Waals surface area contributed by atoms with Crippen LogP contribution in [0.4, 0.5) is 0 Å². The van der Waals surface area contributed by atoms with Crippen molar-refractivity contribution in [2.24, 2.45) is 5.10 Å². The van der Waals surface area contributed by atoms with Crippen LogP contribution in [0.2, 0.25) is 0 Å². The molecule has 0 saturated heterocycles. The quantitative estimate of drug-likeness (QED) is 0.596. The molecule has 22 heavy (non-hydrogen) atoms.